The second kappa shape index (κ2) is 5.48. The SMILES string of the molecule is CC1CCC(CO)(Nc2nc3ccccc3nc2N)CC1. The Hall–Kier alpha value is -1.88. The van der Waals surface area contributed by atoms with Crippen molar-refractivity contribution in [3.8, 4) is 0 Å². The van der Waals surface area contributed by atoms with Gasteiger partial charge in [-0.15, -0.1) is 0 Å². The summed E-state index contributed by atoms with van der Waals surface area (Å²) >= 11 is 0. The van der Waals surface area contributed by atoms with Crippen LogP contribution >= 0.6 is 0 Å². The van der Waals surface area contributed by atoms with Gasteiger partial charge in [-0.2, -0.15) is 0 Å². The highest BCUT2D eigenvalue weighted by Crippen LogP contribution is 2.35. The zero-order valence-electron chi connectivity index (χ0n) is 12.3. The number of para-hydroxylation sites is 2. The predicted octanol–water partition coefficient (Wildman–Crippen LogP) is 2.57. The van der Waals surface area contributed by atoms with Crippen molar-refractivity contribution >= 4 is 22.7 Å². The molecule has 1 fully saturated rings. The molecule has 1 aromatic carbocycles. The lowest BCUT2D eigenvalue weighted by Gasteiger charge is -2.39. The molecule has 2 aromatic rings. The number of aromatic nitrogens is 2. The van der Waals surface area contributed by atoms with E-state index in [1.54, 1.807) is 0 Å². The molecule has 112 valence electrons. The molecule has 1 heterocycles. The molecule has 21 heavy (non-hydrogen) atoms. The maximum atomic E-state index is 9.84. The van der Waals surface area contributed by atoms with E-state index in [1.807, 2.05) is 24.3 Å². The van der Waals surface area contributed by atoms with Crippen LogP contribution in [0.25, 0.3) is 11.0 Å². The third-order valence-electron chi connectivity index (χ3n) is 4.52. The van der Waals surface area contributed by atoms with Crippen molar-refractivity contribution in [2.45, 2.75) is 38.1 Å². The Morgan fingerprint density at radius 3 is 2.48 bits per heavy atom. The summed E-state index contributed by atoms with van der Waals surface area (Å²) in [6.45, 7) is 2.35. The molecule has 1 saturated carbocycles. The average Bonchev–Trinajstić information content (AvgIpc) is 2.50. The van der Waals surface area contributed by atoms with Gasteiger partial charge in [-0.1, -0.05) is 19.1 Å². The van der Waals surface area contributed by atoms with Crippen LogP contribution in [0, 0.1) is 5.92 Å². The number of hydrogen-bond donors (Lipinski definition) is 3. The fraction of sp³-hybridized carbons (Fsp3) is 0.500. The Morgan fingerprint density at radius 2 is 1.86 bits per heavy atom. The summed E-state index contributed by atoms with van der Waals surface area (Å²) in [4.78, 5) is 8.96. The molecule has 4 N–H and O–H groups in total. The number of rotatable bonds is 3. The molecule has 5 heteroatoms. The van der Waals surface area contributed by atoms with Crippen molar-refractivity contribution in [2.75, 3.05) is 17.7 Å². The summed E-state index contributed by atoms with van der Waals surface area (Å²) in [5.74, 6) is 1.68. The number of hydrogen-bond acceptors (Lipinski definition) is 5. The molecule has 5 nitrogen and oxygen atoms in total. The first-order valence-corrected chi connectivity index (χ1v) is 7.53. The summed E-state index contributed by atoms with van der Waals surface area (Å²) in [5.41, 5.74) is 7.30. The highest BCUT2D eigenvalue weighted by molar-refractivity contribution is 5.79. The number of nitrogens with one attached hydrogen (secondary N) is 1. The van der Waals surface area contributed by atoms with Gasteiger partial charge in [-0.3, -0.25) is 0 Å². The highest BCUT2D eigenvalue weighted by atomic mass is 16.3. The predicted molar refractivity (Wildman–Crippen MR) is 85.0 cm³/mol. The fourth-order valence-corrected chi connectivity index (χ4v) is 2.99. The second-order valence-corrected chi connectivity index (χ2v) is 6.19. The molecule has 0 radical (unpaired) electrons. The lowest BCUT2D eigenvalue weighted by atomic mass is 9.77. The van der Waals surface area contributed by atoms with Crippen LogP contribution in [0.15, 0.2) is 24.3 Å². The average molecular weight is 286 g/mol. The minimum atomic E-state index is -0.322. The number of nitrogens with zero attached hydrogens (tertiary/aromatic N) is 2. The van der Waals surface area contributed by atoms with E-state index in [0.717, 1.165) is 36.7 Å². The third-order valence-corrected chi connectivity index (χ3v) is 4.52. The number of anilines is 2. The van der Waals surface area contributed by atoms with Gasteiger partial charge in [-0.05, 0) is 43.7 Å². The summed E-state index contributed by atoms with van der Waals surface area (Å²) in [6.07, 6.45) is 4.07. The molecule has 0 atom stereocenters. The van der Waals surface area contributed by atoms with Crippen molar-refractivity contribution in [3.05, 3.63) is 24.3 Å². The Bertz CT molecular complexity index is 635. The smallest absolute Gasteiger partial charge is 0.170 e. The van der Waals surface area contributed by atoms with Gasteiger partial charge in [0, 0.05) is 0 Å². The molecule has 0 unspecified atom stereocenters. The number of nitrogens with two attached hydrogens (primary N) is 1. The minimum absolute atomic E-state index is 0.0909. The maximum Gasteiger partial charge on any atom is 0.170 e. The van der Waals surface area contributed by atoms with Crippen molar-refractivity contribution < 1.29 is 5.11 Å². The van der Waals surface area contributed by atoms with E-state index < -0.39 is 0 Å². The number of benzene rings is 1. The monoisotopic (exact) mass is 286 g/mol. The molecule has 0 saturated heterocycles. The molecular formula is C16H22N4O. The number of aliphatic hydroxyl groups excluding tert-OH is 1. The van der Waals surface area contributed by atoms with E-state index in [1.165, 1.54) is 0 Å². The van der Waals surface area contributed by atoms with Crippen molar-refractivity contribution in [3.63, 3.8) is 0 Å². The van der Waals surface area contributed by atoms with Crippen LogP contribution in [0.1, 0.15) is 32.6 Å². The standard InChI is InChI=1S/C16H22N4O/c1-11-6-8-16(10-21,9-7-11)20-15-14(17)18-12-4-2-3-5-13(12)19-15/h2-5,11,21H,6-10H2,1H3,(H2,17,18)(H,19,20). The molecule has 0 spiro atoms. The Kier molecular flexibility index (Phi) is 3.68. The van der Waals surface area contributed by atoms with E-state index in [2.05, 4.69) is 22.2 Å². The van der Waals surface area contributed by atoms with Crippen LogP contribution in [-0.2, 0) is 0 Å². The zero-order valence-corrected chi connectivity index (χ0v) is 12.3. The maximum absolute atomic E-state index is 9.84. The summed E-state index contributed by atoms with van der Waals surface area (Å²) in [7, 11) is 0. The van der Waals surface area contributed by atoms with Gasteiger partial charge >= 0.3 is 0 Å². The number of nitrogen functional groups attached to an aromatic ring is 1. The topological polar surface area (TPSA) is 84.1 Å². The summed E-state index contributed by atoms with van der Waals surface area (Å²) < 4.78 is 0. The zero-order chi connectivity index (χ0) is 14.9. The van der Waals surface area contributed by atoms with Crippen LogP contribution in [-0.4, -0.2) is 27.2 Å². The van der Waals surface area contributed by atoms with E-state index >= 15 is 0 Å². The third kappa shape index (κ3) is 2.78. The largest absolute Gasteiger partial charge is 0.394 e. The van der Waals surface area contributed by atoms with Crippen LogP contribution in [0.4, 0.5) is 11.6 Å². The second-order valence-electron chi connectivity index (χ2n) is 6.19. The van der Waals surface area contributed by atoms with Gasteiger partial charge in [0.15, 0.2) is 11.6 Å². The Balaban J connectivity index is 1.91. The van der Waals surface area contributed by atoms with Crippen molar-refractivity contribution in [1.29, 1.82) is 0 Å². The van der Waals surface area contributed by atoms with E-state index in [9.17, 15) is 5.11 Å². The van der Waals surface area contributed by atoms with Crippen LogP contribution in [0.3, 0.4) is 0 Å². The normalized spacial score (nSPS) is 25.9. The first kappa shape index (κ1) is 14.1. The molecule has 1 aromatic heterocycles. The molecule has 3 rings (SSSR count). The van der Waals surface area contributed by atoms with E-state index in [4.69, 9.17) is 5.73 Å². The van der Waals surface area contributed by atoms with Crippen LogP contribution in [0.2, 0.25) is 0 Å². The van der Waals surface area contributed by atoms with Gasteiger partial charge in [0.05, 0.1) is 23.2 Å². The van der Waals surface area contributed by atoms with Gasteiger partial charge in [-0.25, -0.2) is 9.97 Å². The first-order valence-electron chi connectivity index (χ1n) is 7.53. The lowest BCUT2D eigenvalue weighted by Crippen LogP contribution is -2.45. The van der Waals surface area contributed by atoms with Crippen molar-refractivity contribution in [1.82, 2.24) is 9.97 Å². The van der Waals surface area contributed by atoms with Gasteiger partial charge in [0.25, 0.3) is 0 Å². The molecule has 1 aliphatic rings. The van der Waals surface area contributed by atoms with E-state index in [0.29, 0.717) is 17.6 Å². The molecule has 0 bridgehead atoms. The first-order chi connectivity index (χ1) is 10.1. The molecule has 0 amide bonds. The van der Waals surface area contributed by atoms with Crippen LogP contribution < -0.4 is 11.1 Å². The Morgan fingerprint density at radius 1 is 1.24 bits per heavy atom. The fourth-order valence-electron chi connectivity index (χ4n) is 2.99. The van der Waals surface area contributed by atoms with E-state index in [-0.39, 0.29) is 12.1 Å². The molecular weight excluding hydrogens is 264 g/mol. The molecule has 0 aliphatic heterocycles. The highest BCUT2D eigenvalue weighted by Gasteiger charge is 2.34. The summed E-state index contributed by atoms with van der Waals surface area (Å²) in [6, 6.07) is 7.66. The minimum Gasteiger partial charge on any atom is -0.394 e. The van der Waals surface area contributed by atoms with Gasteiger partial charge in [0.1, 0.15) is 0 Å². The van der Waals surface area contributed by atoms with Gasteiger partial charge < -0.3 is 16.2 Å². The van der Waals surface area contributed by atoms with Gasteiger partial charge in [0.2, 0.25) is 0 Å². The lowest BCUT2D eigenvalue weighted by molar-refractivity contribution is 0.155. The summed E-state index contributed by atoms with van der Waals surface area (Å²) in [5, 5.41) is 13.2. The Labute approximate surface area is 124 Å². The number of fused-ring (bicyclic) bond motifs is 1. The van der Waals surface area contributed by atoms with Crippen LogP contribution in [0.5, 0.6) is 0 Å². The quantitative estimate of drug-likeness (QED) is 0.807. The molecule has 1 aliphatic carbocycles. The number of aliphatic hydroxyl groups is 1. The van der Waals surface area contributed by atoms with Crippen molar-refractivity contribution in [2.24, 2.45) is 5.92 Å².